The first kappa shape index (κ1) is 13.0. The molecule has 0 aliphatic carbocycles. The van der Waals surface area contributed by atoms with Gasteiger partial charge in [0.15, 0.2) is 5.96 Å². The minimum atomic E-state index is 0.788. The largest absolute Gasteiger partial charge is 0.356 e. The number of hydrogen-bond donors (Lipinski definition) is 2. The molecule has 0 amide bonds. The third-order valence-electron chi connectivity index (χ3n) is 2.14. The maximum Gasteiger partial charge on any atom is 0.191 e. The van der Waals surface area contributed by atoms with Crippen molar-refractivity contribution in [3.05, 3.63) is 34.3 Å². The van der Waals surface area contributed by atoms with Crippen molar-refractivity contribution in [3.63, 3.8) is 0 Å². The average Bonchev–Trinajstić information content (AvgIpc) is 2.32. The summed E-state index contributed by atoms with van der Waals surface area (Å²) in [5, 5.41) is 6.49. The topological polar surface area (TPSA) is 36.4 Å². The Morgan fingerprint density at radius 2 is 1.94 bits per heavy atom. The highest BCUT2D eigenvalue weighted by Crippen LogP contribution is 2.09. The molecule has 0 bridgehead atoms. The van der Waals surface area contributed by atoms with E-state index >= 15 is 0 Å². The van der Waals surface area contributed by atoms with Gasteiger partial charge in [-0.3, -0.25) is 4.99 Å². The molecule has 0 aliphatic rings. The van der Waals surface area contributed by atoms with E-state index in [0.29, 0.717) is 0 Å². The van der Waals surface area contributed by atoms with Crippen LogP contribution in [0.4, 0.5) is 0 Å². The molecular weight excluding hydrogens is 266 g/mol. The third-order valence-corrected chi connectivity index (χ3v) is 2.67. The van der Waals surface area contributed by atoms with Gasteiger partial charge in [-0.2, -0.15) is 0 Å². The van der Waals surface area contributed by atoms with E-state index in [9.17, 15) is 0 Å². The van der Waals surface area contributed by atoms with Gasteiger partial charge >= 0.3 is 0 Å². The van der Waals surface area contributed by atoms with E-state index in [1.54, 1.807) is 7.05 Å². The second-order valence-electron chi connectivity index (χ2n) is 3.48. The first-order chi connectivity index (χ1) is 7.76. The molecule has 3 nitrogen and oxygen atoms in total. The summed E-state index contributed by atoms with van der Waals surface area (Å²) in [5.74, 6) is 0.852. The molecule has 1 aromatic carbocycles. The molecule has 0 radical (unpaired) electrons. The van der Waals surface area contributed by atoms with Gasteiger partial charge in [-0.25, -0.2) is 0 Å². The summed E-state index contributed by atoms with van der Waals surface area (Å²) in [5.41, 5.74) is 1.24. The van der Waals surface area contributed by atoms with E-state index in [0.717, 1.165) is 29.9 Å². The summed E-state index contributed by atoms with van der Waals surface area (Å²) in [4.78, 5) is 4.14. The van der Waals surface area contributed by atoms with Gasteiger partial charge in [0.25, 0.3) is 0 Å². The predicted octanol–water partition coefficient (Wildman–Crippen LogP) is 2.52. The van der Waals surface area contributed by atoms with Gasteiger partial charge in [0, 0.05) is 24.6 Å². The van der Waals surface area contributed by atoms with E-state index in [1.807, 2.05) is 12.1 Å². The van der Waals surface area contributed by atoms with Gasteiger partial charge < -0.3 is 10.6 Å². The Morgan fingerprint density at radius 3 is 2.50 bits per heavy atom. The lowest BCUT2D eigenvalue weighted by atomic mass is 10.2. The quantitative estimate of drug-likeness (QED) is 0.658. The maximum absolute atomic E-state index is 4.14. The first-order valence-electron chi connectivity index (χ1n) is 5.45. The normalized spacial score (nSPS) is 11.3. The first-order valence-corrected chi connectivity index (χ1v) is 6.24. The monoisotopic (exact) mass is 283 g/mol. The van der Waals surface area contributed by atoms with Crippen LogP contribution in [0, 0.1) is 0 Å². The van der Waals surface area contributed by atoms with Crippen molar-refractivity contribution in [2.24, 2.45) is 4.99 Å². The Hall–Kier alpha value is -1.03. The zero-order valence-corrected chi connectivity index (χ0v) is 11.3. The van der Waals surface area contributed by atoms with Crippen molar-refractivity contribution >= 4 is 21.9 Å². The van der Waals surface area contributed by atoms with Gasteiger partial charge in [-0.05, 0) is 24.1 Å². The van der Waals surface area contributed by atoms with Crippen molar-refractivity contribution < 1.29 is 0 Å². The van der Waals surface area contributed by atoms with Crippen molar-refractivity contribution in [1.29, 1.82) is 0 Å². The summed E-state index contributed by atoms with van der Waals surface area (Å²) in [6.07, 6.45) is 1.10. The second-order valence-corrected chi connectivity index (χ2v) is 4.39. The molecule has 1 aromatic rings. The molecule has 0 heterocycles. The van der Waals surface area contributed by atoms with E-state index in [-0.39, 0.29) is 0 Å². The molecule has 4 heteroatoms. The molecule has 0 saturated carbocycles. The minimum absolute atomic E-state index is 0.788. The summed E-state index contributed by atoms with van der Waals surface area (Å²) in [6, 6.07) is 8.26. The number of benzene rings is 1. The van der Waals surface area contributed by atoms with Crippen LogP contribution in [0.5, 0.6) is 0 Å². The molecule has 0 atom stereocenters. The van der Waals surface area contributed by atoms with Crippen molar-refractivity contribution in [2.45, 2.75) is 19.9 Å². The Labute approximate surface area is 105 Å². The van der Waals surface area contributed by atoms with E-state index in [4.69, 9.17) is 0 Å². The van der Waals surface area contributed by atoms with Gasteiger partial charge in [-0.15, -0.1) is 0 Å². The van der Waals surface area contributed by atoms with Gasteiger partial charge in [0.2, 0.25) is 0 Å². The lowest BCUT2D eigenvalue weighted by molar-refractivity contribution is 0.781. The van der Waals surface area contributed by atoms with Crippen molar-refractivity contribution in [1.82, 2.24) is 10.6 Å². The fourth-order valence-corrected chi connectivity index (χ4v) is 1.52. The minimum Gasteiger partial charge on any atom is -0.356 e. The van der Waals surface area contributed by atoms with Crippen LogP contribution in [0.3, 0.4) is 0 Å². The summed E-state index contributed by atoms with van der Waals surface area (Å²) >= 11 is 3.42. The van der Waals surface area contributed by atoms with Crippen LogP contribution in [0.1, 0.15) is 18.9 Å². The summed E-state index contributed by atoms with van der Waals surface area (Å²) in [7, 11) is 1.78. The Balaban J connectivity index is 2.40. The van der Waals surface area contributed by atoms with E-state index in [2.05, 4.69) is 50.6 Å². The molecule has 16 heavy (non-hydrogen) atoms. The van der Waals surface area contributed by atoms with Crippen molar-refractivity contribution in [2.75, 3.05) is 13.6 Å². The zero-order chi connectivity index (χ0) is 11.8. The number of guanidine groups is 1. The smallest absolute Gasteiger partial charge is 0.191 e. The number of rotatable bonds is 4. The van der Waals surface area contributed by atoms with Crippen LogP contribution in [-0.4, -0.2) is 19.6 Å². The Kier molecular flexibility index (Phi) is 5.93. The molecular formula is C12H18BrN3. The van der Waals surface area contributed by atoms with Crippen LogP contribution in [-0.2, 0) is 6.54 Å². The highest BCUT2D eigenvalue weighted by atomic mass is 79.9. The van der Waals surface area contributed by atoms with Crippen LogP contribution in [0.15, 0.2) is 33.7 Å². The second kappa shape index (κ2) is 7.28. The molecule has 2 N–H and O–H groups in total. The molecule has 88 valence electrons. The molecule has 1 rings (SSSR count). The third kappa shape index (κ3) is 4.66. The lowest BCUT2D eigenvalue weighted by Crippen LogP contribution is -2.37. The molecule has 0 saturated heterocycles. The number of aliphatic imine (C=N–C) groups is 1. The van der Waals surface area contributed by atoms with Crippen molar-refractivity contribution in [3.8, 4) is 0 Å². The fourth-order valence-electron chi connectivity index (χ4n) is 1.25. The number of halogens is 1. The summed E-state index contributed by atoms with van der Waals surface area (Å²) < 4.78 is 1.10. The van der Waals surface area contributed by atoms with E-state index < -0.39 is 0 Å². The molecule has 0 aromatic heterocycles. The van der Waals surface area contributed by atoms with Gasteiger partial charge in [0.05, 0.1) is 0 Å². The fraction of sp³-hybridized carbons (Fsp3) is 0.417. The highest BCUT2D eigenvalue weighted by Gasteiger charge is 1.96. The van der Waals surface area contributed by atoms with Crippen LogP contribution < -0.4 is 10.6 Å². The highest BCUT2D eigenvalue weighted by molar-refractivity contribution is 9.10. The maximum atomic E-state index is 4.14. The Bertz CT molecular complexity index is 333. The van der Waals surface area contributed by atoms with Gasteiger partial charge in [0.1, 0.15) is 0 Å². The lowest BCUT2D eigenvalue weighted by Gasteiger charge is -2.10. The Morgan fingerprint density at radius 1 is 1.25 bits per heavy atom. The van der Waals surface area contributed by atoms with Crippen LogP contribution >= 0.6 is 15.9 Å². The number of nitrogens with zero attached hydrogens (tertiary/aromatic N) is 1. The van der Waals surface area contributed by atoms with Crippen LogP contribution in [0.25, 0.3) is 0 Å². The number of nitrogens with one attached hydrogen (secondary N) is 2. The van der Waals surface area contributed by atoms with Gasteiger partial charge in [-0.1, -0.05) is 35.0 Å². The summed E-state index contributed by atoms with van der Waals surface area (Å²) in [6.45, 7) is 3.87. The predicted molar refractivity (Wildman–Crippen MR) is 72.6 cm³/mol. The van der Waals surface area contributed by atoms with Crippen LogP contribution in [0.2, 0.25) is 0 Å². The standard InChI is InChI=1S/C12H18BrN3/c1-3-8-15-12(14-2)16-9-10-4-6-11(13)7-5-10/h4-7H,3,8-9H2,1-2H3,(H2,14,15,16). The zero-order valence-electron chi connectivity index (χ0n) is 9.76. The average molecular weight is 284 g/mol. The SMILES string of the molecule is CCCNC(=NC)NCc1ccc(Br)cc1. The van der Waals surface area contributed by atoms with E-state index in [1.165, 1.54) is 5.56 Å². The molecule has 0 aliphatic heterocycles. The molecule has 0 fully saturated rings. The number of hydrogen-bond acceptors (Lipinski definition) is 1. The molecule has 0 spiro atoms. The molecule has 0 unspecified atom stereocenters.